The molecule has 0 saturated carbocycles. The van der Waals surface area contributed by atoms with Crippen molar-refractivity contribution < 1.29 is 18.8 Å². The number of fused-ring (bicyclic) bond motifs is 1. The van der Waals surface area contributed by atoms with Gasteiger partial charge < -0.3 is 18.8 Å². The molecule has 1 heterocycles. The Morgan fingerprint density at radius 2 is 1.39 bits per heavy atom. The van der Waals surface area contributed by atoms with E-state index in [0.29, 0.717) is 22.6 Å². The summed E-state index contributed by atoms with van der Waals surface area (Å²) in [5.74, 6) is 0.834. The van der Waals surface area contributed by atoms with Crippen LogP contribution in [0.4, 0.5) is 0 Å². The minimum absolute atomic E-state index is 0.517. The molecule has 28 heavy (non-hydrogen) atoms. The summed E-state index contributed by atoms with van der Waals surface area (Å²) < 4.78 is 33.0. The van der Waals surface area contributed by atoms with Gasteiger partial charge in [0, 0.05) is 29.8 Å². The van der Waals surface area contributed by atoms with Gasteiger partial charge in [0.2, 0.25) is 11.5 Å². The van der Waals surface area contributed by atoms with Gasteiger partial charge in [0.15, 0.2) is 18.6 Å². The molecule has 6 heteroatoms. The Hall–Kier alpha value is -1.98. The minimum atomic E-state index is -3.15. The fraction of sp³-hybridized carbons (Fsp3) is 0.182. The Balaban J connectivity index is 2.04. The highest BCUT2D eigenvalue weighted by molar-refractivity contribution is 14.1. The molecular formula is C22H20IO4P. The van der Waals surface area contributed by atoms with Crippen molar-refractivity contribution in [3.8, 4) is 17.2 Å². The van der Waals surface area contributed by atoms with Crippen LogP contribution in [-0.4, -0.2) is 12.9 Å². The van der Waals surface area contributed by atoms with Crippen LogP contribution >= 0.6 is 29.7 Å². The van der Waals surface area contributed by atoms with Crippen LogP contribution in [0.5, 0.6) is 17.2 Å². The van der Waals surface area contributed by atoms with Gasteiger partial charge in [0.05, 0.1) is 10.7 Å². The molecule has 0 atom stereocenters. The third-order valence-corrected chi connectivity index (χ3v) is 9.20. The smallest absolute Gasteiger partial charge is 0.246 e. The van der Waals surface area contributed by atoms with E-state index in [1.54, 1.807) is 7.11 Å². The van der Waals surface area contributed by atoms with Gasteiger partial charge in [-0.1, -0.05) is 60.7 Å². The van der Waals surface area contributed by atoms with E-state index in [9.17, 15) is 4.57 Å². The quantitative estimate of drug-likeness (QED) is 0.388. The van der Waals surface area contributed by atoms with Gasteiger partial charge in [-0.15, -0.1) is 0 Å². The Morgan fingerprint density at radius 1 is 0.893 bits per heavy atom. The van der Waals surface area contributed by atoms with Gasteiger partial charge in [0.1, 0.15) is 0 Å². The Labute approximate surface area is 178 Å². The van der Waals surface area contributed by atoms with E-state index in [1.807, 2.05) is 80.6 Å². The van der Waals surface area contributed by atoms with E-state index in [2.05, 4.69) is 22.6 Å². The molecule has 1 aliphatic heterocycles. The number of methoxy groups -OCH3 is 1. The highest BCUT2D eigenvalue weighted by atomic mass is 127. The fourth-order valence-corrected chi connectivity index (χ4v) is 7.61. The molecule has 0 amide bonds. The molecule has 3 aromatic carbocycles. The first-order valence-corrected chi connectivity index (χ1v) is 11.7. The second-order valence-corrected chi connectivity index (χ2v) is 10.8. The SMILES string of the molecule is COc1cc(P(=O)(c2ccccc2)c2ccccc2)c(I)c2c1OC(C)(C)O2. The fourth-order valence-electron chi connectivity index (χ4n) is 3.37. The molecule has 4 rings (SSSR count). The predicted molar refractivity (Wildman–Crippen MR) is 120 cm³/mol. The largest absolute Gasteiger partial charge is 0.493 e. The third kappa shape index (κ3) is 3.11. The molecule has 0 spiro atoms. The van der Waals surface area contributed by atoms with Gasteiger partial charge in [-0.25, -0.2) is 0 Å². The number of ether oxygens (including phenoxy) is 3. The number of hydrogen-bond acceptors (Lipinski definition) is 4. The van der Waals surface area contributed by atoms with Crippen molar-refractivity contribution in [2.45, 2.75) is 19.6 Å². The topological polar surface area (TPSA) is 44.8 Å². The zero-order valence-corrected chi connectivity index (χ0v) is 18.9. The summed E-state index contributed by atoms with van der Waals surface area (Å²) >= 11 is 2.20. The van der Waals surface area contributed by atoms with Crippen molar-refractivity contribution in [1.29, 1.82) is 0 Å². The number of halogens is 1. The number of benzene rings is 3. The molecule has 144 valence electrons. The molecular weight excluding hydrogens is 486 g/mol. The van der Waals surface area contributed by atoms with Crippen LogP contribution in [0.3, 0.4) is 0 Å². The summed E-state index contributed by atoms with van der Waals surface area (Å²) in [6.07, 6.45) is 0. The molecule has 1 aliphatic rings. The molecule has 0 saturated heterocycles. The maximum Gasteiger partial charge on any atom is 0.246 e. The van der Waals surface area contributed by atoms with Crippen molar-refractivity contribution in [3.05, 3.63) is 70.3 Å². The predicted octanol–water partition coefficient (Wildman–Crippen LogP) is 4.45. The third-order valence-electron chi connectivity index (χ3n) is 4.62. The second kappa shape index (κ2) is 7.12. The normalized spacial score (nSPS) is 14.7. The van der Waals surface area contributed by atoms with Crippen LogP contribution in [0.15, 0.2) is 66.7 Å². The molecule has 4 nitrogen and oxygen atoms in total. The average molecular weight is 506 g/mol. The average Bonchev–Trinajstić information content (AvgIpc) is 3.05. The molecule has 0 fully saturated rings. The van der Waals surface area contributed by atoms with Gasteiger partial charge in [-0.3, -0.25) is 0 Å². The van der Waals surface area contributed by atoms with E-state index < -0.39 is 12.9 Å². The standard InChI is InChI=1S/C22H20IO4P/c1-22(2)26-20-17(25-3)14-18(19(23)21(20)27-22)28(24,15-10-6-4-7-11-15)16-12-8-5-9-13-16/h4-14H,1-3H3. The van der Waals surface area contributed by atoms with Crippen molar-refractivity contribution in [3.63, 3.8) is 0 Å². The maximum atomic E-state index is 14.7. The van der Waals surface area contributed by atoms with E-state index in [1.165, 1.54) is 0 Å². The Morgan fingerprint density at radius 3 is 1.89 bits per heavy atom. The molecule has 0 unspecified atom stereocenters. The lowest BCUT2D eigenvalue weighted by molar-refractivity contribution is -0.0442. The molecule has 0 radical (unpaired) electrons. The first-order valence-electron chi connectivity index (χ1n) is 8.87. The lowest BCUT2D eigenvalue weighted by atomic mass is 10.3. The van der Waals surface area contributed by atoms with Crippen LogP contribution in [0.1, 0.15) is 13.8 Å². The summed E-state index contributed by atoms with van der Waals surface area (Å²) in [4.78, 5) is 0. The van der Waals surface area contributed by atoms with E-state index >= 15 is 0 Å². The molecule has 0 N–H and O–H groups in total. The summed E-state index contributed by atoms with van der Waals surface area (Å²) in [5, 5.41) is 2.21. The van der Waals surface area contributed by atoms with E-state index in [-0.39, 0.29) is 0 Å². The van der Waals surface area contributed by atoms with Crippen molar-refractivity contribution in [2.75, 3.05) is 7.11 Å². The number of hydrogen-bond donors (Lipinski definition) is 0. The zero-order valence-electron chi connectivity index (χ0n) is 15.8. The van der Waals surface area contributed by atoms with Crippen LogP contribution in [0, 0.1) is 3.57 Å². The van der Waals surface area contributed by atoms with E-state index in [4.69, 9.17) is 14.2 Å². The molecule has 0 bridgehead atoms. The molecule has 0 aliphatic carbocycles. The highest BCUT2D eigenvalue weighted by Crippen LogP contribution is 2.53. The lowest BCUT2D eigenvalue weighted by Crippen LogP contribution is -2.30. The first kappa shape index (κ1) is 19.3. The minimum Gasteiger partial charge on any atom is -0.493 e. The highest BCUT2D eigenvalue weighted by Gasteiger charge is 2.41. The molecule has 0 aromatic heterocycles. The molecule has 3 aromatic rings. The summed E-state index contributed by atoms with van der Waals surface area (Å²) in [6, 6.07) is 20.9. The number of rotatable bonds is 4. The van der Waals surface area contributed by atoms with Crippen molar-refractivity contribution in [1.82, 2.24) is 0 Å². The van der Waals surface area contributed by atoms with Gasteiger partial charge in [-0.2, -0.15) is 0 Å². The lowest BCUT2D eigenvalue weighted by Gasteiger charge is -2.22. The van der Waals surface area contributed by atoms with E-state index in [0.717, 1.165) is 14.2 Å². The Bertz CT molecular complexity index is 1020. The summed E-state index contributed by atoms with van der Waals surface area (Å²) in [5.41, 5.74) is 0. The summed E-state index contributed by atoms with van der Waals surface area (Å²) in [7, 11) is -1.57. The monoisotopic (exact) mass is 506 g/mol. The van der Waals surface area contributed by atoms with Gasteiger partial charge in [0.25, 0.3) is 0 Å². The maximum absolute atomic E-state index is 14.7. The van der Waals surface area contributed by atoms with Crippen LogP contribution in [-0.2, 0) is 4.57 Å². The van der Waals surface area contributed by atoms with Crippen molar-refractivity contribution >= 4 is 45.6 Å². The van der Waals surface area contributed by atoms with Crippen molar-refractivity contribution in [2.24, 2.45) is 0 Å². The first-order chi connectivity index (χ1) is 13.4. The second-order valence-electron chi connectivity index (χ2n) is 6.95. The Kier molecular flexibility index (Phi) is 4.92. The summed E-state index contributed by atoms with van der Waals surface area (Å²) in [6.45, 7) is 3.69. The van der Waals surface area contributed by atoms with Crippen LogP contribution < -0.4 is 30.1 Å². The zero-order chi connectivity index (χ0) is 19.9. The van der Waals surface area contributed by atoms with Crippen LogP contribution in [0.2, 0.25) is 0 Å². The van der Waals surface area contributed by atoms with Crippen LogP contribution in [0.25, 0.3) is 0 Å². The van der Waals surface area contributed by atoms with Gasteiger partial charge >= 0.3 is 0 Å². The van der Waals surface area contributed by atoms with Gasteiger partial charge in [-0.05, 0) is 28.7 Å².